The lowest BCUT2D eigenvalue weighted by Crippen LogP contribution is -2.39. The number of aromatic nitrogens is 6. The number of hydrogen-bond acceptors (Lipinski definition) is 9. The molecule has 11 heteroatoms. The van der Waals surface area contributed by atoms with Crippen molar-refractivity contribution in [3.8, 4) is 22.5 Å². The minimum atomic E-state index is -1.49. The van der Waals surface area contributed by atoms with Gasteiger partial charge in [0.15, 0.2) is 11.5 Å². The van der Waals surface area contributed by atoms with E-state index in [1.54, 1.807) is 32.3 Å². The first-order valence-electron chi connectivity index (χ1n) is 19.4. The van der Waals surface area contributed by atoms with E-state index in [1.807, 2.05) is 115 Å². The summed E-state index contributed by atoms with van der Waals surface area (Å²) in [5, 5.41) is 24.8. The van der Waals surface area contributed by atoms with Gasteiger partial charge >= 0.3 is 12.1 Å². The topological polar surface area (TPSA) is 134 Å². The standard InChI is InChI=1S/C47H46N6O5/c1-6-18-40-48-42(46(4,5)56)41(44(54)58-45(55)57-32(2)3)52(40)31-33-27-29-34(30-28-33)38-25-16-17-26-39(38)43-49-50-51-53(43)47(35-19-10-7-11-20-35,36-21-12-8-13-22-36)37-23-14-9-15-24-37/h7-17,19-30,32,56H,6,18,31H2,1-5H3. The molecule has 2 heterocycles. The third-order valence-corrected chi connectivity index (χ3v) is 9.94. The van der Waals surface area contributed by atoms with E-state index in [1.165, 1.54) is 0 Å². The van der Waals surface area contributed by atoms with Crippen molar-refractivity contribution in [2.45, 2.75) is 71.2 Å². The van der Waals surface area contributed by atoms with Crippen molar-refractivity contribution in [2.24, 2.45) is 0 Å². The molecular weight excluding hydrogens is 729 g/mol. The Labute approximate surface area is 337 Å². The molecule has 58 heavy (non-hydrogen) atoms. The molecule has 0 bridgehead atoms. The van der Waals surface area contributed by atoms with Gasteiger partial charge in [0, 0.05) is 18.5 Å². The van der Waals surface area contributed by atoms with Crippen LogP contribution < -0.4 is 0 Å². The molecule has 0 amide bonds. The lowest BCUT2D eigenvalue weighted by molar-refractivity contribution is 0.0257. The third-order valence-electron chi connectivity index (χ3n) is 9.94. The van der Waals surface area contributed by atoms with Crippen LogP contribution in [-0.2, 0) is 33.6 Å². The number of esters is 1. The van der Waals surface area contributed by atoms with Crippen molar-refractivity contribution in [1.82, 2.24) is 29.8 Å². The van der Waals surface area contributed by atoms with Gasteiger partial charge in [-0.1, -0.05) is 146 Å². The number of aliphatic hydroxyl groups is 1. The van der Waals surface area contributed by atoms with Crippen LogP contribution in [0.2, 0.25) is 0 Å². The van der Waals surface area contributed by atoms with E-state index in [-0.39, 0.29) is 17.9 Å². The number of hydrogen-bond donors (Lipinski definition) is 1. The Morgan fingerprint density at radius 2 is 1.28 bits per heavy atom. The number of aryl methyl sites for hydroxylation is 1. The van der Waals surface area contributed by atoms with Crippen LogP contribution in [-0.4, -0.2) is 53.1 Å². The highest BCUT2D eigenvalue weighted by molar-refractivity contribution is 5.95. The van der Waals surface area contributed by atoms with Crippen molar-refractivity contribution in [3.63, 3.8) is 0 Å². The van der Waals surface area contributed by atoms with Gasteiger partial charge in [-0.05, 0) is 77.9 Å². The molecule has 0 aliphatic carbocycles. The Bertz CT molecular complexity index is 2390. The van der Waals surface area contributed by atoms with Crippen LogP contribution in [0.15, 0.2) is 140 Å². The fourth-order valence-corrected chi connectivity index (χ4v) is 7.45. The molecule has 0 saturated carbocycles. The number of carbonyl (C=O) groups excluding carboxylic acids is 2. The van der Waals surface area contributed by atoms with Gasteiger partial charge < -0.3 is 19.1 Å². The Hall–Kier alpha value is -6.72. The fourth-order valence-electron chi connectivity index (χ4n) is 7.45. The zero-order valence-corrected chi connectivity index (χ0v) is 33.2. The molecule has 1 N–H and O–H groups in total. The average Bonchev–Trinajstić information content (AvgIpc) is 3.85. The molecule has 0 aliphatic rings. The van der Waals surface area contributed by atoms with E-state index in [0.29, 0.717) is 18.1 Å². The molecule has 2 aromatic heterocycles. The number of ether oxygens (including phenoxy) is 2. The maximum atomic E-state index is 13.6. The molecule has 0 fully saturated rings. The predicted octanol–water partition coefficient (Wildman–Crippen LogP) is 8.97. The number of imidazole rings is 1. The highest BCUT2D eigenvalue weighted by Crippen LogP contribution is 2.43. The predicted molar refractivity (Wildman–Crippen MR) is 221 cm³/mol. The van der Waals surface area contributed by atoms with Crippen LogP contribution in [0, 0.1) is 0 Å². The summed E-state index contributed by atoms with van der Waals surface area (Å²) in [6.07, 6.45) is -0.329. The summed E-state index contributed by atoms with van der Waals surface area (Å²) in [4.78, 5) is 30.7. The second-order valence-electron chi connectivity index (χ2n) is 14.9. The molecule has 0 radical (unpaired) electrons. The Balaban J connectivity index is 1.31. The van der Waals surface area contributed by atoms with E-state index >= 15 is 0 Å². The van der Waals surface area contributed by atoms with E-state index in [4.69, 9.17) is 24.8 Å². The van der Waals surface area contributed by atoms with Crippen molar-refractivity contribution in [3.05, 3.63) is 179 Å². The first-order chi connectivity index (χ1) is 28.0. The molecular formula is C47H46N6O5. The molecule has 0 atom stereocenters. The Kier molecular flexibility index (Phi) is 11.4. The molecule has 294 valence electrons. The quantitative estimate of drug-likeness (QED) is 0.0692. The lowest BCUT2D eigenvalue weighted by Gasteiger charge is -2.36. The second-order valence-corrected chi connectivity index (χ2v) is 14.9. The molecule has 0 unspecified atom stereocenters. The lowest BCUT2D eigenvalue weighted by atomic mass is 9.77. The van der Waals surface area contributed by atoms with Crippen LogP contribution in [0.5, 0.6) is 0 Å². The molecule has 11 nitrogen and oxygen atoms in total. The van der Waals surface area contributed by atoms with Crippen molar-refractivity contribution in [2.75, 3.05) is 0 Å². The van der Waals surface area contributed by atoms with Gasteiger partial charge in [0.2, 0.25) is 0 Å². The van der Waals surface area contributed by atoms with Crippen molar-refractivity contribution in [1.29, 1.82) is 0 Å². The van der Waals surface area contributed by atoms with Gasteiger partial charge in [-0.25, -0.2) is 19.3 Å². The van der Waals surface area contributed by atoms with Crippen molar-refractivity contribution >= 4 is 12.1 Å². The average molecular weight is 775 g/mol. The SMILES string of the molecule is CCCc1nc(C(C)(C)O)c(C(=O)OC(=O)OC(C)C)n1Cc1ccc(-c2ccccc2-c2nnnn2C(c2ccccc2)(c2ccccc2)c2ccccc2)cc1. The zero-order chi connectivity index (χ0) is 40.9. The summed E-state index contributed by atoms with van der Waals surface area (Å²) in [6, 6.07) is 46.9. The van der Waals surface area contributed by atoms with Gasteiger partial charge in [-0.2, -0.15) is 0 Å². The maximum absolute atomic E-state index is 13.6. The fraction of sp³-hybridized carbons (Fsp3) is 0.234. The molecule has 0 aliphatic heterocycles. The maximum Gasteiger partial charge on any atom is 0.516 e. The first-order valence-corrected chi connectivity index (χ1v) is 19.4. The van der Waals surface area contributed by atoms with Crippen LogP contribution >= 0.6 is 0 Å². The smallest absolute Gasteiger partial charge is 0.431 e. The molecule has 5 aromatic carbocycles. The molecule has 0 spiro atoms. The molecule has 7 aromatic rings. The number of rotatable bonds is 13. The molecule has 0 saturated heterocycles. The number of tetrazole rings is 1. The first kappa shape index (κ1) is 39.5. The van der Waals surface area contributed by atoms with Gasteiger partial charge in [0.25, 0.3) is 0 Å². The van der Waals surface area contributed by atoms with Gasteiger partial charge in [-0.3, -0.25) is 0 Å². The third kappa shape index (κ3) is 7.81. The summed E-state index contributed by atoms with van der Waals surface area (Å²) in [7, 11) is 0. The number of carbonyl (C=O) groups is 2. The Morgan fingerprint density at radius 3 is 1.79 bits per heavy atom. The molecule has 7 rings (SSSR count). The highest BCUT2D eigenvalue weighted by Gasteiger charge is 2.42. The Morgan fingerprint density at radius 1 is 0.741 bits per heavy atom. The van der Waals surface area contributed by atoms with Crippen LogP contribution in [0.4, 0.5) is 4.79 Å². The minimum Gasteiger partial charge on any atom is -0.431 e. The summed E-state index contributed by atoms with van der Waals surface area (Å²) in [6.45, 7) is 8.66. The van der Waals surface area contributed by atoms with E-state index in [2.05, 4.69) is 41.6 Å². The minimum absolute atomic E-state index is 0.00311. The van der Waals surface area contributed by atoms with E-state index in [0.717, 1.165) is 45.4 Å². The number of benzene rings is 5. The monoisotopic (exact) mass is 774 g/mol. The van der Waals surface area contributed by atoms with Crippen LogP contribution in [0.1, 0.15) is 85.3 Å². The van der Waals surface area contributed by atoms with Gasteiger partial charge in [0.1, 0.15) is 22.7 Å². The zero-order valence-electron chi connectivity index (χ0n) is 33.2. The summed E-state index contributed by atoms with van der Waals surface area (Å²) < 4.78 is 13.8. The summed E-state index contributed by atoms with van der Waals surface area (Å²) in [5.74, 6) is 0.222. The van der Waals surface area contributed by atoms with Crippen LogP contribution in [0.25, 0.3) is 22.5 Å². The van der Waals surface area contributed by atoms with E-state index in [9.17, 15) is 14.7 Å². The van der Waals surface area contributed by atoms with Gasteiger partial charge in [-0.15, -0.1) is 5.10 Å². The summed E-state index contributed by atoms with van der Waals surface area (Å²) >= 11 is 0. The van der Waals surface area contributed by atoms with Crippen LogP contribution in [0.3, 0.4) is 0 Å². The number of nitrogens with zero attached hydrogens (tertiary/aromatic N) is 6. The highest BCUT2D eigenvalue weighted by atomic mass is 16.7. The normalized spacial score (nSPS) is 11.8. The largest absolute Gasteiger partial charge is 0.516 e. The van der Waals surface area contributed by atoms with Gasteiger partial charge in [0.05, 0.1) is 6.10 Å². The second kappa shape index (κ2) is 16.8. The summed E-state index contributed by atoms with van der Waals surface area (Å²) in [5.41, 5.74) is 4.23. The van der Waals surface area contributed by atoms with Crippen molar-refractivity contribution < 1.29 is 24.2 Å². The van der Waals surface area contributed by atoms with E-state index < -0.39 is 29.4 Å².